The third-order valence-corrected chi connectivity index (χ3v) is 2.25. The molecule has 0 radical (unpaired) electrons. The van der Waals surface area contributed by atoms with Crippen molar-refractivity contribution < 1.29 is 0 Å². The van der Waals surface area contributed by atoms with Crippen LogP contribution in [-0.2, 0) is 5.54 Å². The van der Waals surface area contributed by atoms with Crippen molar-refractivity contribution in [3.8, 4) is 0 Å². The van der Waals surface area contributed by atoms with Crippen LogP contribution in [0.2, 0.25) is 0 Å². The van der Waals surface area contributed by atoms with Gasteiger partial charge in [0.1, 0.15) is 17.4 Å². The van der Waals surface area contributed by atoms with Gasteiger partial charge in [0.05, 0.1) is 0 Å². The van der Waals surface area contributed by atoms with Gasteiger partial charge in [0.15, 0.2) is 0 Å². The second-order valence-electron chi connectivity index (χ2n) is 4.53. The smallest absolute Gasteiger partial charge is 0.291 e. The van der Waals surface area contributed by atoms with Gasteiger partial charge in [0.2, 0.25) is 0 Å². The molecule has 84 valence electrons. The van der Waals surface area contributed by atoms with Crippen molar-refractivity contribution in [3.05, 3.63) is 33.4 Å². The van der Waals surface area contributed by atoms with Crippen LogP contribution in [0.1, 0.15) is 20.8 Å². The minimum Gasteiger partial charge on any atom is -0.291 e. The third kappa shape index (κ3) is 1.52. The van der Waals surface area contributed by atoms with Crippen molar-refractivity contribution in [2.45, 2.75) is 26.3 Å². The van der Waals surface area contributed by atoms with Gasteiger partial charge in [-0.3, -0.25) is 14.3 Å². The summed E-state index contributed by atoms with van der Waals surface area (Å²) in [5, 5.41) is 0.317. The summed E-state index contributed by atoms with van der Waals surface area (Å²) in [6.07, 6.45) is 2.70. The highest BCUT2D eigenvalue weighted by Crippen LogP contribution is 2.08. The van der Waals surface area contributed by atoms with Crippen LogP contribution in [0.4, 0.5) is 0 Å². The van der Waals surface area contributed by atoms with E-state index >= 15 is 0 Å². The predicted octanol–water partition coefficient (Wildman–Crippen LogP) is 0.235. The summed E-state index contributed by atoms with van der Waals surface area (Å²) in [5.41, 5.74) is -1.13. The number of rotatable bonds is 0. The first-order valence-electron chi connectivity index (χ1n) is 4.87. The quantitative estimate of drug-likeness (QED) is 0.689. The van der Waals surface area contributed by atoms with Crippen LogP contribution >= 0.6 is 0 Å². The largest absolute Gasteiger partial charge is 0.330 e. The number of aromatic nitrogens is 4. The Morgan fingerprint density at radius 3 is 2.62 bits per heavy atom. The minimum absolute atomic E-state index is 0.269. The fourth-order valence-electron chi connectivity index (χ4n) is 1.56. The van der Waals surface area contributed by atoms with E-state index in [0.29, 0.717) is 5.39 Å². The van der Waals surface area contributed by atoms with Crippen molar-refractivity contribution in [1.82, 2.24) is 19.5 Å². The molecule has 0 fully saturated rings. The Balaban J connectivity index is 2.99. The van der Waals surface area contributed by atoms with Crippen molar-refractivity contribution in [2.75, 3.05) is 0 Å². The number of fused-ring (bicyclic) bond motifs is 1. The fourth-order valence-corrected chi connectivity index (χ4v) is 1.56. The Morgan fingerprint density at radius 1 is 1.31 bits per heavy atom. The van der Waals surface area contributed by atoms with Gasteiger partial charge < -0.3 is 0 Å². The van der Waals surface area contributed by atoms with Crippen LogP contribution < -0.4 is 11.2 Å². The molecular formula is C10H12N4O2. The van der Waals surface area contributed by atoms with E-state index in [4.69, 9.17) is 0 Å². The summed E-state index contributed by atoms with van der Waals surface area (Å²) in [6, 6.07) is 0. The van der Waals surface area contributed by atoms with E-state index in [1.165, 1.54) is 17.1 Å². The number of nitrogens with one attached hydrogen (secondary N) is 1. The summed E-state index contributed by atoms with van der Waals surface area (Å²) >= 11 is 0. The molecule has 2 aromatic heterocycles. The van der Waals surface area contributed by atoms with Gasteiger partial charge in [-0.2, -0.15) is 0 Å². The van der Waals surface area contributed by atoms with E-state index in [9.17, 15) is 9.59 Å². The molecule has 1 N–H and O–H groups in total. The predicted molar refractivity (Wildman–Crippen MR) is 59.4 cm³/mol. The van der Waals surface area contributed by atoms with E-state index in [2.05, 4.69) is 15.0 Å². The van der Waals surface area contributed by atoms with Crippen LogP contribution in [0, 0.1) is 0 Å². The number of hydrogen-bond acceptors (Lipinski definition) is 4. The molecule has 0 bridgehead atoms. The maximum Gasteiger partial charge on any atom is 0.330 e. The Bertz CT molecular complexity index is 648. The monoisotopic (exact) mass is 220 g/mol. The molecular weight excluding hydrogens is 208 g/mol. The Hall–Kier alpha value is -1.98. The van der Waals surface area contributed by atoms with Gasteiger partial charge in [-0.25, -0.2) is 14.8 Å². The summed E-state index contributed by atoms with van der Waals surface area (Å²) in [5.74, 6) is 0. The van der Waals surface area contributed by atoms with Gasteiger partial charge in [-0.1, -0.05) is 0 Å². The molecule has 0 aliphatic rings. The summed E-state index contributed by atoms with van der Waals surface area (Å²) in [4.78, 5) is 34.0. The van der Waals surface area contributed by atoms with Gasteiger partial charge in [0.25, 0.3) is 5.56 Å². The minimum atomic E-state index is -0.575. The second-order valence-corrected chi connectivity index (χ2v) is 4.53. The molecule has 0 atom stereocenters. The number of aromatic amines is 1. The highest BCUT2D eigenvalue weighted by molar-refractivity contribution is 5.71. The lowest BCUT2D eigenvalue weighted by molar-refractivity contribution is 0.369. The van der Waals surface area contributed by atoms with Gasteiger partial charge in [-0.15, -0.1) is 0 Å². The maximum absolute atomic E-state index is 12.1. The standard InChI is InChI=1S/C10H12N4O2/c1-10(2,3)14-8(15)6-4-11-5-12-7(6)13-9(14)16/h4-5H,1-3H3,(H,11,12,13,16). The van der Waals surface area contributed by atoms with E-state index in [1.807, 2.05) is 0 Å². The molecule has 6 nitrogen and oxygen atoms in total. The Kier molecular flexibility index (Phi) is 2.15. The molecule has 0 saturated carbocycles. The zero-order valence-electron chi connectivity index (χ0n) is 9.31. The second kappa shape index (κ2) is 3.26. The molecule has 2 aromatic rings. The molecule has 0 aliphatic carbocycles. The lowest BCUT2D eigenvalue weighted by atomic mass is 10.1. The molecule has 2 heterocycles. The summed E-state index contributed by atoms with van der Waals surface area (Å²) in [6.45, 7) is 5.37. The van der Waals surface area contributed by atoms with Crippen molar-refractivity contribution >= 4 is 11.0 Å². The Morgan fingerprint density at radius 2 is 2.00 bits per heavy atom. The molecule has 0 saturated heterocycles. The maximum atomic E-state index is 12.1. The average Bonchev–Trinajstić information content (AvgIpc) is 2.15. The first-order valence-corrected chi connectivity index (χ1v) is 4.87. The molecule has 0 unspecified atom stereocenters. The van der Waals surface area contributed by atoms with Crippen molar-refractivity contribution in [1.29, 1.82) is 0 Å². The fraction of sp³-hybridized carbons (Fsp3) is 0.400. The van der Waals surface area contributed by atoms with Gasteiger partial charge in [-0.05, 0) is 20.8 Å². The molecule has 0 aliphatic heterocycles. The highest BCUT2D eigenvalue weighted by atomic mass is 16.2. The zero-order chi connectivity index (χ0) is 11.9. The third-order valence-electron chi connectivity index (χ3n) is 2.25. The Labute approximate surface area is 91.0 Å². The lowest BCUT2D eigenvalue weighted by Gasteiger charge is -2.20. The molecule has 0 aromatic carbocycles. The van der Waals surface area contributed by atoms with Gasteiger partial charge in [0, 0.05) is 11.7 Å². The topological polar surface area (TPSA) is 80.6 Å². The van der Waals surface area contributed by atoms with Crippen LogP contribution in [0.5, 0.6) is 0 Å². The van der Waals surface area contributed by atoms with E-state index in [1.54, 1.807) is 20.8 Å². The normalized spacial score (nSPS) is 11.9. The first-order chi connectivity index (χ1) is 7.41. The molecule has 2 rings (SSSR count). The molecule has 16 heavy (non-hydrogen) atoms. The first kappa shape index (κ1) is 10.5. The van der Waals surface area contributed by atoms with Crippen LogP contribution in [0.15, 0.2) is 22.1 Å². The number of nitrogens with zero attached hydrogens (tertiary/aromatic N) is 3. The SMILES string of the molecule is CC(C)(C)n1c(=O)[nH]c2ncncc2c1=O. The van der Waals surface area contributed by atoms with Crippen LogP contribution in [0.3, 0.4) is 0 Å². The number of H-pyrrole nitrogens is 1. The molecule has 0 spiro atoms. The molecule has 0 amide bonds. The zero-order valence-corrected chi connectivity index (χ0v) is 9.31. The van der Waals surface area contributed by atoms with E-state index in [-0.39, 0.29) is 11.2 Å². The van der Waals surface area contributed by atoms with Crippen molar-refractivity contribution in [2.24, 2.45) is 0 Å². The molecule has 6 heteroatoms. The number of hydrogen-bond donors (Lipinski definition) is 1. The summed E-state index contributed by atoms with van der Waals surface area (Å²) in [7, 11) is 0. The van der Waals surface area contributed by atoms with Crippen LogP contribution in [0.25, 0.3) is 11.0 Å². The van der Waals surface area contributed by atoms with Crippen LogP contribution in [-0.4, -0.2) is 19.5 Å². The average molecular weight is 220 g/mol. The highest BCUT2D eigenvalue weighted by Gasteiger charge is 2.19. The van der Waals surface area contributed by atoms with Gasteiger partial charge >= 0.3 is 5.69 Å². The van der Waals surface area contributed by atoms with E-state index in [0.717, 1.165) is 0 Å². The van der Waals surface area contributed by atoms with Crippen molar-refractivity contribution in [3.63, 3.8) is 0 Å². The lowest BCUT2D eigenvalue weighted by Crippen LogP contribution is -2.44. The summed E-state index contributed by atoms with van der Waals surface area (Å²) < 4.78 is 1.17. The van der Waals surface area contributed by atoms with E-state index < -0.39 is 11.2 Å².